The number of hydrogen-bond donors (Lipinski definition) is 1. The van der Waals surface area contributed by atoms with E-state index >= 15 is 0 Å². The summed E-state index contributed by atoms with van der Waals surface area (Å²) in [6.45, 7) is 9.05. The highest BCUT2D eigenvalue weighted by Crippen LogP contribution is 2.28. The SMILES string of the molecule is C=C(C)COc1ccc(C(C)CN)cc1Br. The maximum absolute atomic E-state index is 5.63. The van der Waals surface area contributed by atoms with Gasteiger partial charge >= 0.3 is 0 Å². The largest absolute Gasteiger partial charge is 0.488 e. The maximum Gasteiger partial charge on any atom is 0.133 e. The van der Waals surface area contributed by atoms with Crippen LogP contribution in [0.2, 0.25) is 0 Å². The molecule has 88 valence electrons. The van der Waals surface area contributed by atoms with Gasteiger partial charge in [0.05, 0.1) is 4.47 Å². The van der Waals surface area contributed by atoms with E-state index in [1.165, 1.54) is 5.56 Å². The summed E-state index contributed by atoms with van der Waals surface area (Å²) in [7, 11) is 0. The summed E-state index contributed by atoms with van der Waals surface area (Å²) in [6, 6.07) is 6.08. The molecule has 0 radical (unpaired) electrons. The summed E-state index contributed by atoms with van der Waals surface area (Å²) in [5, 5.41) is 0. The molecule has 2 nitrogen and oxygen atoms in total. The minimum Gasteiger partial charge on any atom is -0.488 e. The van der Waals surface area contributed by atoms with Crippen molar-refractivity contribution in [3.8, 4) is 5.75 Å². The average Bonchev–Trinajstić information content (AvgIpc) is 2.26. The topological polar surface area (TPSA) is 35.2 Å². The predicted molar refractivity (Wildman–Crippen MR) is 71.9 cm³/mol. The Morgan fingerprint density at radius 1 is 1.56 bits per heavy atom. The fourth-order valence-corrected chi connectivity index (χ4v) is 1.79. The lowest BCUT2D eigenvalue weighted by atomic mass is 10.0. The van der Waals surface area contributed by atoms with Crippen LogP contribution in [-0.2, 0) is 0 Å². The molecular formula is C13H18BrNO. The van der Waals surface area contributed by atoms with E-state index in [1.807, 2.05) is 13.0 Å². The van der Waals surface area contributed by atoms with Crippen molar-refractivity contribution in [2.24, 2.45) is 5.73 Å². The molecule has 1 aromatic carbocycles. The van der Waals surface area contributed by atoms with Crippen molar-refractivity contribution >= 4 is 15.9 Å². The molecule has 1 unspecified atom stereocenters. The van der Waals surface area contributed by atoms with Crippen LogP contribution in [0, 0.1) is 0 Å². The van der Waals surface area contributed by atoms with E-state index in [1.54, 1.807) is 0 Å². The number of rotatable bonds is 5. The van der Waals surface area contributed by atoms with Gasteiger partial charge in [-0.05, 0) is 58.6 Å². The van der Waals surface area contributed by atoms with E-state index in [0.29, 0.717) is 19.1 Å². The molecule has 3 heteroatoms. The van der Waals surface area contributed by atoms with Crippen LogP contribution >= 0.6 is 15.9 Å². The minimum absolute atomic E-state index is 0.367. The lowest BCUT2D eigenvalue weighted by Crippen LogP contribution is -2.09. The van der Waals surface area contributed by atoms with Gasteiger partial charge in [0.15, 0.2) is 0 Å². The van der Waals surface area contributed by atoms with E-state index in [0.717, 1.165) is 15.8 Å². The number of nitrogens with two attached hydrogens (primary N) is 1. The Bertz CT molecular complexity index is 376. The molecule has 0 heterocycles. The summed E-state index contributed by atoms with van der Waals surface area (Å²) in [5.41, 5.74) is 7.86. The number of ether oxygens (including phenoxy) is 1. The highest BCUT2D eigenvalue weighted by molar-refractivity contribution is 9.10. The van der Waals surface area contributed by atoms with E-state index in [2.05, 4.69) is 41.6 Å². The van der Waals surface area contributed by atoms with E-state index in [-0.39, 0.29) is 0 Å². The molecule has 0 amide bonds. The third kappa shape index (κ3) is 3.65. The molecule has 0 aromatic heterocycles. The van der Waals surface area contributed by atoms with Gasteiger partial charge in [-0.2, -0.15) is 0 Å². The molecule has 1 atom stereocenters. The molecule has 1 aromatic rings. The van der Waals surface area contributed by atoms with Crippen LogP contribution in [0.3, 0.4) is 0 Å². The van der Waals surface area contributed by atoms with Gasteiger partial charge in [0.1, 0.15) is 12.4 Å². The second-order valence-corrected chi connectivity index (χ2v) is 4.93. The fourth-order valence-electron chi connectivity index (χ4n) is 1.28. The van der Waals surface area contributed by atoms with Gasteiger partial charge in [-0.1, -0.05) is 19.6 Å². The first kappa shape index (κ1) is 13.3. The molecule has 0 saturated heterocycles. The summed E-state index contributed by atoms with van der Waals surface area (Å²) in [5.74, 6) is 1.21. The Morgan fingerprint density at radius 2 is 2.25 bits per heavy atom. The van der Waals surface area contributed by atoms with Gasteiger partial charge in [-0.3, -0.25) is 0 Å². The zero-order chi connectivity index (χ0) is 12.1. The van der Waals surface area contributed by atoms with Crippen LogP contribution in [0.5, 0.6) is 5.75 Å². The maximum atomic E-state index is 5.63. The van der Waals surface area contributed by atoms with Gasteiger partial charge < -0.3 is 10.5 Å². The number of benzene rings is 1. The normalized spacial score (nSPS) is 12.2. The first-order chi connectivity index (χ1) is 7.54. The highest BCUT2D eigenvalue weighted by Gasteiger charge is 2.07. The fraction of sp³-hybridized carbons (Fsp3) is 0.385. The standard InChI is InChI=1S/C13H18BrNO/c1-9(2)8-16-13-5-4-11(6-12(13)14)10(3)7-15/h4-6,10H,1,7-8,15H2,2-3H3. The molecule has 0 fully saturated rings. The van der Waals surface area contributed by atoms with Gasteiger partial charge in [0.2, 0.25) is 0 Å². The van der Waals surface area contributed by atoms with Gasteiger partial charge in [-0.25, -0.2) is 0 Å². The quantitative estimate of drug-likeness (QED) is 0.840. The Kier molecular flexibility index (Phi) is 5.03. The predicted octanol–water partition coefficient (Wildman–Crippen LogP) is 3.47. The lowest BCUT2D eigenvalue weighted by molar-refractivity contribution is 0.350. The van der Waals surface area contributed by atoms with Gasteiger partial charge in [-0.15, -0.1) is 0 Å². The summed E-state index contributed by atoms with van der Waals surface area (Å²) >= 11 is 3.50. The third-order valence-electron chi connectivity index (χ3n) is 2.35. The third-order valence-corrected chi connectivity index (χ3v) is 2.97. The summed E-state index contributed by atoms with van der Waals surface area (Å²) in [6.07, 6.45) is 0. The van der Waals surface area contributed by atoms with Crippen molar-refractivity contribution in [3.63, 3.8) is 0 Å². The molecule has 0 saturated carbocycles. The van der Waals surface area contributed by atoms with Gasteiger partial charge in [0, 0.05) is 0 Å². The first-order valence-electron chi connectivity index (χ1n) is 5.31. The van der Waals surface area contributed by atoms with Crippen molar-refractivity contribution in [1.82, 2.24) is 0 Å². The zero-order valence-electron chi connectivity index (χ0n) is 9.79. The van der Waals surface area contributed by atoms with Crippen molar-refractivity contribution in [2.75, 3.05) is 13.2 Å². The van der Waals surface area contributed by atoms with Crippen molar-refractivity contribution < 1.29 is 4.74 Å². The molecule has 0 aliphatic rings. The summed E-state index contributed by atoms with van der Waals surface area (Å²) < 4.78 is 6.55. The van der Waals surface area contributed by atoms with Gasteiger partial charge in [0.25, 0.3) is 0 Å². The van der Waals surface area contributed by atoms with E-state index in [9.17, 15) is 0 Å². The minimum atomic E-state index is 0.367. The second kappa shape index (κ2) is 6.06. The van der Waals surface area contributed by atoms with Crippen LogP contribution in [0.25, 0.3) is 0 Å². The molecule has 0 aliphatic carbocycles. The molecule has 0 spiro atoms. The van der Waals surface area contributed by atoms with Crippen LogP contribution in [0.4, 0.5) is 0 Å². The second-order valence-electron chi connectivity index (χ2n) is 4.07. The lowest BCUT2D eigenvalue weighted by Gasteiger charge is -2.12. The van der Waals surface area contributed by atoms with Crippen LogP contribution in [-0.4, -0.2) is 13.2 Å². The molecule has 0 aliphatic heterocycles. The Hall–Kier alpha value is -0.800. The molecular weight excluding hydrogens is 266 g/mol. The summed E-state index contributed by atoms with van der Waals surface area (Å²) in [4.78, 5) is 0. The highest BCUT2D eigenvalue weighted by atomic mass is 79.9. The molecule has 1 rings (SSSR count). The number of hydrogen-bond acceptors (Lipinski definition) is 2. The first-order valence-corrected chi connectivity index (χ1v) is 6.10. The monoisotopic (exact) mass is 283 g/mol. The number of halogens is 1. The van der Waals surface area contributed by atoms with E-state index < -0.39 is 0 Å². The smallest absolute Gasteiger partial charge is 0.133 e. The molecule has 0 bridgehead atoms. The van der Waals surface area contributed by atoms with E-state index in [4.69, 9.17) is 10.5 Å². The van der Waals surface area contributed by atoms with Crippen molar-refractivity contribution in [1.29, 1.82) is 0 Å². The molecule has 2 N–H and O–H groups in total. The Morgan fingerprint density at radius 3 is 2.75 bits per heavy atom. The molecule has 16 heavy (non-hydrogen) atoms. The zero-order valence-corrected chi connectivity index (χ0v) is 11.4. The van der Waals surface area contributed by atoms with Crippen LogP contribution in [0.1, 0.15) is 25.3 Å². The van der Waals surface area contributed by atoms with Crippen LogP contribution in [0.15, 0.2) is 34.8 Å². The average molecular weight is 284 g/mol. The Balaban J connectivity index is 2.79. The van der Waals surface area contributed by atoms with Crippen molar-refractivity contribution in [2.45, 2.75) is 19.8 Å². The Labute approximate surface area is 106 Å². The van der Waals surface area contributed by atoms with Crippen LogP contribution < -0.4 is 10.5 Å². The van der Waals surface area contributed by atoms with Crippen molar-refractivity contribution in [3.05, 3.63) is 40.4 Å².